The molecule has 1 N–H and O–H groups in total. The number of pyridine rings is 1. The molecule has 0 radical (unpaired) electrons. The first-order valence-corrected chi connectivity index (χ1v) is 11.7. The van der Waals surface area contributed by atoms with Crippen LogP contribution in [0.25, 0.3) is 0 Å². The Morgan fingerprint density at radius 1 is 1.00 bits per heavy atom. The molecular weight excluding hydrogens is 542 g/mol. The van der Waals surface area contributed by atoms with Gasteiger partial charge in [0, 0.05) is 30.3 Å². The van der Waals surface area contributed by atoms with Gasteiger partial charge in [-0.25, -0.2) is 8.42 Å². The minimum absolute atomic E-state index is 0.000424. The van der Waals surface area contributed by atoms with Gasteiger partial charge in [0.2, 0.25) is 0 Å². The minimum atomic E-state index is -5.02. The third-order valence-corrected chi connectivity index (χ3v) is 5.68. The van der Waals surface area contributed by atoms with Crippen LogP contribution in [0.5, 0.6) is 17.2 Å². The van der Waals surface area contributed by atoms with Crippen LogP contribution in [-0.2, 0) is 16.0 Å². The number of hydrogen-bond acceptors (Lipinski definition) is 6. The number of carbonyl (C=O) groups excluding carboxylic acids is 1. The van der Waals surface area contributed by atoms with E-state index in [1.165, 1.54) is 18.2 Å². The summed E-state index contributed by atoms with van der Waals surface area (Å²) >= 11 is 5.89. The fourth-order valence-corrected chi connectivity index (χ4v) is 3.61. The van der Waals surface area contributed by atoms with Gasteiger partial charge in [-0.3, -0.25) is 9.78 Å². The van der Waals surface area contributed by atoms with Crippen molar-refractivity contribution in [2.24, 2.45) is 0 Å². The molecule has 2 aromatic carbocycles. The second kappa shape index (κ2) is 9.85. The Kier molecular flexibility index (Phi) is 7.41. The van der Waals surface area contributed by atoms with E-state index in [9.17, 15) is 39.6 Å². The molecule has 0 bridgehead atoms. The zero-order valence-electron chi connectivity index (χ0n) is 17.7. The first-order chi connectivity index (χ1) is 16.5. The standard InChI is InChI=1S/C21H13ClF6N2O5S/c1-36(32,33)13-4-2-3-11(7-13)30-19(31)14-10-29-18(20(23,24)25)9-17(14)34-16-6-5-12(8-15(16)22)35-21(26,27)28/h2-10H,1H3,(H,30,31). The van der Waals surface area contributed by atoms with Crippen LogP contribution in [-0.4, -0.2) is 31.9 Å². The van der Waals surface area contributed by atoms with Gasteiger partial charge >= 0.3 is 12.5 Å². The van der Waals surface area contributed by atoms with E-state index >= 15 is 0 Å². The van der Waals surface area contributed by atoms with Gasteiger partial charge in [0.1, 0.15) is 28.5 Å². The maximum Gasteiger partial charge on any atom is 0.573 e. The van der Waals surface area contributed by atoms with E-state index in [0.717, 1.165) is 24.5 Å². The number of benzene rings is 2. The minimum Gasteiger partial charge on any atom is -0.455 e. The molecule has 0 aliphatic rings. The number of nitrogens with zero attached hydrogens (tertiary/aromatic N) is 1. The molecule has 192 valence electrons. The predicted octanol–water partition coefficient (Wildman–Crippen LogP) is 6.10. The lowest BCUT2D eigenvalue weighted by atomic mass is 10.2. The molecule has 1 amide bonds. The molecular formula is C21H13ClF6N2O5S. The van der Waals surface area contributed by atoms with E-state index in [1.54, 1.807) is 0 Å². The fourth-order valence-electron chi connectivity index (χ4n) is 2.73. The quantitative estimate of drug-likeness (QED) is 0.370. The van der Waals surface area contributed by atoms with Crippen LogP contribution in [0.2, 0.25) is 5.02 Å². The number of ether oxygens (including phenoxy) is 2. The second-order valence-electron chi connectivity index (χ2n) is 7.06. The normalized spacial score (nSPS) is 12.2. The largest absolute Gasteiger partial charge is 0.573 e. The van der Waals surface area contributed by atoms with Gasteiger partial charge in [-0.2, -0.15) is 13.2 Å². The molecule has 36 heavy (non-hydrogen) atoms. The summed E-state index contributed by atoms with van der Waals surface area (Å²) in [5.74, 6) is -2.81. The Balaban J connectivity index is 1.97. The number of sulfone groups is 1. The number of carbonyl (C=O) groups is 1. The van der Waals surface area contributed by atoms with Crippen molar-refractivity contribution < 1.29 is 49.0 Å². The van der Waals surface area contributed by atoms with Crippen LogP contribution in [0, 0.1) is 0 Å². The molecule has 1 aromatic heterocycles. The molecule has 0 spiro atoms. The third-order valence-electron chi connectivity index (χ3n) is 4.28. The number of halogens is 7. The van der Waals surface area contributed by atoms with Gasteiger partial charge in [-0.15, -0.1) is 13.2 Å². The molecule has 7 nitrogen and oxygen atoms in total. The molecule has 15 heteroatoms. The Hall–Kier alpha value is -3.52. The van der Waals surface area contributed by atoms with E-state index in [0.29, 0.717) is 18.3 Å². The predicted molar refractivity (Wildman–Crippen MR) is 115 cm³/mol. The van der Waals surface area contributed by atoms with Crippen molar-refractivity contribution in [3.8, 4) is 17.2 Å². The van der Waals surface area contributed by atoms with Crippen molar-refractivity contribution in [1.29, 1.82) is 0 Å². The average molecular weight is 555 g/mol. The van der Waals surface area contributed by atoms with Gasteiger partial charge < -0.3 is 14.8 Å². The maximum atomic E-state index is 13.2. The zero-order valence-corrected chi connectivity index (χ0v) is 19.3. The van der Waals surface area contributed by atoms with Crippen molar-refractivity contribution in [1.82, 2.24) is 4.98 Å². The maximum absolute atomic E-state index is 13.2. The Morgan fingerprint density at radius 2 is 1.69 bits per heavy atom. The molecule has 0 unspecified atom stereocenters. The van der Waals surface area contributed by atoms with Crippen LogP contribution < -0.4 is 14.8 Å². The van der Waals surface area contributed by atoms with Gasteiger partial charge in [0.25, 0.3) is 5.91 Å². The SMILES string of the molecule is CS(=O)(=O)c1cccc(NC(=O)c2cnc(C(F)(F)F)cc2Oc2ccc(OC(F)(F)F)cc2Cl)c1. The van der Waals surface area contributed by atoms with E-state index in [-0.39, 0.29) is 10.6 Å². The molecule has 0 fully saturated rings. The average Bonchev–Trinajstić information content (AvgIpc) is 2.73. The van der Waals surface area contributed by atoms with Crippen LogP contribution >= 0.6 is 11.6 Å². The zero-order chi connectivity index (χ0) is 26.9. The number of amides is 1. The second-order valence-corrected chi connectivity index (χ2v) is 9.48. The van der Waals surface area contributed by atoms with Crippen LogP contribution in [0.15, 0.2) is 59.6 Å². The number of alkyl halides is 6. The van der Waals surface area contributed by atoms with Gasteiger partial charge in [0.15, 0.2) is 9.84 Å². The number of rotatable bonds is 6. The van der Waals surface area contributed by atoms with Gasteiger partial charge in [0.05, 0.1) is 9.92 Å². The highest BCUT2D eigenvalue weighted by Crippen LogP contribution is 2.38. The van der Waals surface area contributed by atoms with Crippen molar-refractivity contribution in [2.75, 3.05) is 11.6 Å². The monoisotopic (exact) mass is 554 g/mol. The van der Waals surface area contributed by atoms with Crippen molar-refractivity contribution in [3.63, 3.8) is 0 Å². The highest BCUT2D eigenvalue weighted by atomic mass is 35.5. The Morgan fingerprint density at radius 3 is 2.28 bits per heavy atom. The van der Waals surface area contributed by atoms with Crippen molar-refractivity contribution in [2.45, 2.75) is 17.4 Å². The molecule has 1 heterocycles. The lowest BCUT2D eigenvalue weighted by Crippen LogP contribution is -2.17. The summed E-state index contributed by atoms with van der Waals surface area (Å²) in [6.07, 6.45) is -8.43. The highest BCUT2D eigenvalue weighted by molar-refractivity contribution is 7.90. The van der Waals surface area contributed by atoms with Gasteiger partial charge in [-0.05, 0) is 30.3 Å². The van der Waals surface area contributed by atoms with Gasteiger partial charge in [-0.1, -0.05) is 17.7 Å². The fraction of sp³-hybridized carbons (Fsp3) is 0.143. The summed E-state index contributed by atoms with van der Waals surface area (Å²) < 4.78 is 109. The number of aromatic nitrogens is 1. The highest BCUT2D eigenvalue weighted by Gasteiger charge is 2.34. The van der Waals surface area contributed by atoms with Crippen LogP contribution in [0.4, 0.5) is 32.0 Å². The summed E-state index contributed by atoms with van der Waals surface area (Å²) in [4.78, 5) is 15.9. The Labute approximate surface area is 204 Å². The number of anilines is 1. The Bertz CT molecular complexity index is 1410. The van der Waals surface area contributed by atoms with Crippen LogP contribution in [0.1, 0.15) is 16.1 Å². The summed E-state index contributed by atoms with van der Waals surface area (Å²) in [7, 11) is -3.63. The van der Waals surface area contributed by atoms with E-state index in [4.69, 9.17) is 16.3 Å². The molecule has 3 rings (SSSR count). The smallest absolute Gasteiger partial charge is 0.455 e. The lowest BCUT2D eigenvalue weighted by molar-refractivity contribution is -0.274. The van der Waals surface area contributed by atoms with Crippen molar-refractivity contribution >= 4 is 33.0 Å². The molecule has 0 aliphatic carbocycles. The van der Waals surface area contributed by atoms with Crippen LogP contribution in [0.3, 0.4) is 0 Å². The first-order valence-electron chi connectivity index (χ1n) is 9.45. The molecule has 0 saturated carbocycles. The number of hydrogen-bond donors (Lipinski definition) is 1. The summed E-state index contributed by atoms with van der Waals surface area (Å²) in [6, 6.07) is 7.88. The lowest BCUT2D eigenvalue weighted by Gasteiger charge is -2.15. The summed E-state index contributed by atoms with van der Waals surface area (Å²) in [6.45, 7) is 0. The first kappa shape index (κ1) is 27.1. The van der Waals surface area contributed by atoms with E-state index in [2.05, 4.69) is 15.0 Å². The summed E-state index contributed by atoms with van der Waals surface area (Å²) in [5, 5.41) is 1.86. The summed E-state index contributed by atoms with van der Waals surface area (Å²) in [5.41, 5.74) is -1.94. The molecule has 0 saturated heterocycles. The van der Waals surface area contributed by atoms with E-state index in [1.807, 2.05) is 0 Å². The third kappa shape index (κ3) is 7.01. The van der Waals surface area contributed by atoms with Crippen molar-refractivity contribution in [3.05, 3.63) is 71.0 Å². The molecule has 0 atom stereocenters. The molecule has 0 aliphatic heterocycles. The van der Waals surface area contributed by atoms with E-state index < -0.39 is 61.8 Å². The number of nitrogens with one attached hydrogen (secondary N) is 1. The molecule has 3 aromatic rings. The topological polar surface area (TPSA) is 94.6 Å².